The fraction of sp³-hybridized carbons (Fsp3) is 0.600. The summed E-state index contributed by atoms with van der Waals surface area (Å²) in [6, 6.07) is 0. The van der Waals surface area contributed by atoms with Gasteiger partial charge >= 0.3 is 0 Å². The molecule has 0 fully saturated rings. The van der Waals surface area contributed by atoms with Crippen LogP contribution in [0.5, 0.6) is 0 Å². The van der Waals surface area contributed by atoms with Crippen LogP contribution < -0.4 is 0 Å². The summed E-state index contributed by atoms with van der Waals surface area (Å²) >= 11 is 3.10. The quantitative estimate of drug-likeness (QED) is 0.446. The molecule has 1 atom stereocenters. The molecule has 0 spiro atoms. The summed E-state index contributed by atoms with van der Waals surface area (Å²) in [7, 11) is 0. The molecule has 0 aromatic rings. The van der Waals surface area contributed by atoms with Crippen LogP contribution in [0.1, 0.15) is 6.42 Å². The van der Waals surface area contributed by atoms with E-state index < -0.39 is 6.17 Å². The van der Waals surface area contributed by atoms with Crippen LogP contribution in [-0.4, -0.2) is 11.5 Å². The first-order valence-corrected chi connectivity index (χ1v) is 3.26. The van der Waals surface area contributed by atoms with E-state index in [-0.39, 0.29) is 0 Å². The van der Waals surface area contributed by atoms with Crippen LogP contribution in [0.3, 0.4) is 0 Å². The van der Waals surface area contributed by atoms with Gasteiger partial charge in [-0.1, -0.05) is 22.0 Å². The highest BCUT2D eigenvalue weighted by Gasteiger charge is 1.94. The summed E-state index contributed by atoms with van der Waals surface area (Å²) < 4.78 is 12.0. The molecular weight excluding hydrogens is 159 g/mol. The Balaban J connectivity index is 2.98. The first-order chi connectivity index (χ1) is 3.31. The molecule has 0 aliphatic carbocycles. The van der Waals surface area contributed by atoms with Crippen molar-refractivity contribution in [3.05, 3.63) is 12.7 Å². The molecule has 0 aromatic carbocycles. The van der Waals surface area contributed by atoms with Gasteiger partial charge < -0.3 is 0 Å². The Morgan fingerprint density at radius 2 is 2.43 bits per heavy atom. The summed E-state index contributed by atoms with van der Waals surface area (Å²) in [6.07, 6.45) is 1.00. The molecule has 7 heavy (non-hydrogen) atoms. The van der Waals surface area contributed by atoms with E-state index in [4.69, 9.17) is 0 Å². The number of hydrogen-bond acceptors (Lipinski definition) is 0. The lowest BCUT2D eigenvalue weighted by Gasteiger charge is -1.93. The molecule has 0 saturated heterocycles. The summed E-state index contributed by atoms with van der Waals surface area (Å²) in [5.74, 6) is 0. The summed E-state index contributed by atoms with van der Waals surface area (Å²) in [5, 5.41) is 0.709. The normalized spacial score (nSPS) is 13.4. The minimum Gasteiger partial charge on any atom is -0.243 e. The van der Waals surface area contributed by atoms with Crippen molar-refractivity contribution in [2.24, 2.45) is 0 Å². The van der Waals surface area contributed by atoms with Crippen molar-refractivity contribution in [1.82, 2.24) is 0 Å². The lowest BCUT2D eigenvalue weighted by molar-refractivity contribution is 0.394. The molecule has 0 N–H and O–H groups in total. The summed E-state index contributed by atoms with van der Waals surface area (Å²) in [5.41, 5.74) is 0. The lowest BCUT2D eigenvalue weighted by atomic mass is 10.3. The molecule has 42 valence electrons. The van der Waals surface area contributed by atoms with Gasteiger partial charge in [-0.05, 0) is 6.42 Å². The Morgan fingerprint density at radius 3 is 2.57 bits per heavy atom. The van der Waals surface area contributed by atoms with Gasteiger partial charge in [-0.3, -0.25) is 0 Å². The van der Waals surface area contributed by atoms with Gasteiger partial charge in [0.05, 0.1) is 0 Å². The second-order valence-corrected chi connectivity index (χ2v) is 2.02. The third-order valence-electron chi connectivity index (χ3n) is 0.641. The lowest BCUT2D eigenvalue weighted by Crippen LogP contribution is -1.92. The van der Waals surface area contributed by atoms with Crippen molar-refractivity contribution < 1.29 is 4.39 Å². The van der Waals surface area contributed by atoms with Gasteiger partial charge in [-0.25, -0.2) is 4.39 Å². The van der Waals surface area contributed by atoms with Crippen LogP contribution in [0.15, 0.2) is 12.7 Å². The number of hydrogen-bond donors (Lipinski definition) is 0. The smallest absolute Gasteiger partial charge is 0.119 e. The van der Waals surface area contributed by atoms with E-state index in [1.54, 1.807) is 0 Å². The van der Waals surface area contributed by atoms with Crippen molar-refractivity contribution in [3.63, 3.8) is 0 Å². The van der Waals surface area contributed by atoms with Crippen LogP contribution in [-0.2, 0) is 0 Å². The SMILES string of the molecule is C=CC(F)CCBr. The maximum absolute atomic E-state index is 12.0. The van der Waals surface area contributed by atoms with Crippen molar-refractivity contribution in [1.29, 1.82) is 0 Å². The van der Waals surface area contributed by atoms with Gasteiger partial charge in [0.1, 0.15) is 6.17 Å². The Hall–Kier alpha value is 0.150. The molecule has 0 aliphatic heterocycles. The highest BCUT2D eigenvalue weighted by molar-refractivity contribution is 9.09. The average molecular weight is 167 g/mol. The molecule has 0 nitrogen and oxygen atoms in total. The number of alkyl halides is 2. The van der Waals surface area contributed by atoms with E-state index in [0.717, 1.165) is 0 Å². The first kappa shape index (κ1) is 7.15. The van der Waals surface area contributed by atoms with Gasteiger partial charge in [-0.15, -0.1) is 6.58 Å². The number of rotatable bonds is 3. The van der Waals surface area contributed by atoms with E-state index in [1.807, 2.05) is 0 Å². The zero-order valence-electron chi connectivity index (χ0n) is 4.03. The largest absolute Gasteiger partial charge is 0.243 e. The van der Waals surface area contributed by atoms with E-state index in [9.17, 15) is 4.39 Å². The minimum atomic E-state index is -0.834. The number of halogens is 2. The van der Waals surface area contributed by atoms with Gasteiger partial charge in [0.15, 0.2) is 0 Å². The second-order valence-electron chi connectivity index (χ2n) is 1.23. The Morgan fingerprint density at radius 1 is 1.86 bits per heavy atom. The Kier molecular flexibility index (Phi) is 4.41. The van der Waals surface area contributed by atoms with Crippen LogP contribution in [0, 0.1) is 0 Å². The van der Waals surface area contributed by atoms with E-state index in [0.29, 0.717) is 11.8 Å². The summed E-state index contributed by atoms with van der Waals surface area (Å²) in [6.45, 7) is 3.28. The van der Waals surface area contributed by atoms with Crippen molar-refractivity contribution in [3.8, 4) is 0 Å². The molecular formula is C5H8BrF. The predicted octanol–water partition coefficient (Wildman–Crippen LogP) is 2.30. The van der Waals surface area contributed by atoms with Gasteiger partial charge in [0.25, 0.3) is 0 Å². The zero-order valence-corrected chi connectivity index (χ0v) is 5.62. The molecule has 2 heteroatoms. The molecule has 0 rings (SSSR count). The fourth-order valence-electron chi connectivity index (χ4n) is 0.222. The minimum absolute atomic E-state index is 0.531. The van der Waals surface area contributed by atoms with Crippen LogP contribution >= 0.6 is 15.9 Å². The van der Waals surface area contributed by atoms with Gasteiger partial charge in [0.2, 0.25) is 0 Å². The molecule has 0 radical (unpaired) electrons. The molecule has 0 saturated carbocycles. The third kappa shape index (κ3) is 3.99. The second kappa shape index (κ2) is 4.31. The Bertz CT molecular complexity index is 54.0. The van der Waals surface area contributed by atoms with Crippen LogP contribution in [0.25, 0.3) is 0 Å². The van der Waals surface area contributed by atoms with Crippen molar-refractivity contribution in [2.75, 3.05) is 5.33 Å². The maximum atomic E-state index is 12.0. The number of allylic oxidation sites excluding steroid dienone is 1. The van der Waals surface area contributed by atoms with Crippen molar-refractivity contribution >= 4 is 15.9 Å². The van der Waals surface area contributed by atoms with Crippen molar-refractivity contribution in [2.45, 2.75) is 12.6 Å². The van der Waals surface area contributed by atoms with E-state index >= 15 is 0 Å². The standard InChI is InChI=1S/C5H8BrF/c1-2-5(7)3-4-6/h2,5H,1,3-4H2. The summed E-state index contributed by atoms with van der Waals surface area (Å²) in [4.78, 5) is 0. The molecule has 0 bridgehead atoms. The first-order valence-electron chi connectivity index (χ1n) is 2.14. The zero-order chi connectivity index (χ0) is 5.70. The average Bonchev–Trinajstić information content (AvgIpc) is 1.68. The molecule has 0 heterocycles. The van der Waals surface area contributed by atoms with E-state index in [1.165, 1.54) is 6.08 Å². The molecule has 0 amide bonds. The highest BCUT2D eigenvalue weighted by atomic mass is 79.9. The molecule has 0 aromatic heterocycles. The monoisotopic (exact) mass is 166 g/mol. The Labute approximate surface area is 51.5 Å². The maximum Gasteiger partial charge on any atom is 0.119 e. The predicted molar refractivity (Wildman–Crippen MR) is 33.5 cm³/mol. The third-order valence-corrected chi connectivity index (χ3v) is 1.10. The molecule has 0 aliphatic rings. The van der Waals surface area contributed by atoms with Crippen LogP contribution in [0.4, 0.5) is 4.39 Å². The van der Waals surface area contributed by atoms with Crippen LogP contribution in [0.2, 0.25) is 0 Å². The van der Waals surface area contributed by atoms with Gasteiger partial charge in [-0.2, -0.15) is 0 Å². The molecule has 1 unspecified atom stereocenters. The van der Waals surface area contributed by atoms with Gasteiger partial charge in [0, 0.05) is 5.33 Å². The fourth-order valence-corrected chi connectivity index (χ4v) is 0.659. The topological polar surface area (TPSA) is 0 Å². The highest BCUT2D eigenvalue weighted by Crippen LogP contribution is 1.99. The van der Waals surface area contributed by atoms with E-state index in [2.05, 4.69) is 22.5 Å².